The summed E-state index contributed by atoms with van der Waals surface area (Å²) >= 11 is 0. The number of hydrogen-bond acceptors (Lipinski definition) is 5. The predicted molar refractivity (Wildman–Crippen MR) is 104 cm³/mol. The van der Waals surface area contributed by atoms with Crippen molar-refractivity contribution in [2.45, 2.75) is 19.8 Å². The highest BCUT2D eigenvalue weighted by atomic mass is 16.5. The molecule has 0 atom stereocenters. The molecule has 0 spiro atoms. The van der Waals surface area contributed by atoms with E-state index in [9.17, 15) is 0 Å². The number of benzene rings is 2. The summed E-state index contributed by atoms with van der Waals surface area (Å²) in [4.78, 5) is 9.27. The van der Waals surface area contributed by atoms with E-state index >= 15 is 0 Å². The molecule has 130 valence electrons. The Morgan fingerprint density at radius 2 is 1.72 bits per heavy atom. The van der Waals surface area contributed by atoms with E-state index in [2.05, 4.69) is 33.6 Å². The zero-order valence-electron chi connectivity index (χ0n) is 14.7. The van der Waals surface area contributed by atoms with Gasteiger partial charge in [0.15, 0.2) is 0 Å². The number of methoxy groups -OCH3 is 1. The van der Waals surface area contributed by atoms with Crippen molar-refractivity contribution in [3.63, 3.8) is 0 Å². The highest BCUT2D eigenvalue weighted by molar-refractivity contribution is 5.89. The van der Waals surface area contributed by atoms with Crippen molar-refractivity contribution in [3.8, 4) is 5.75 Å². The summed E-state index contributed by atoms with van der Waals surface area (Å²) in [6.45, 7) is 3.77. The highest BCUT2D eigenvalue weighted by Gasteiger charge is 2.07. The summed E-state index contributed by atoms with van der Waals surface area (Å²) in [6.07, 6.45) is 1.90. The molecule has 0 amide bonds. The minimum atomic E-state index is 0.646. The third-order valence-corrected chi connectivity index (χ3v) is 4.02. The van der Waals surface area contributed by atoms with Gasteiger partial charge in [-0.25, -0.2) is 4.98 Å². The molecule has 0 aliphatic carbocycles. The second-order valence-electron chi connectivity index (χ2n) is 5.83. The van der Waals surface area contributed by atoms with Crippen LogP contribution in [0.4, 0.5) is 11.8 Å². The first-order chi connectivity index (χ1) is 12.3. The Morgan fingerprint density at radius 1 is 0.920 bits per heavy atom. The molecule has 0 aliphatic rings. The lowest BCUT2D eigenvalue weighted by molar-refractivity contribution is 0.410. The summed E-state index contributed by atoms with van der Waals surface area (Å²) in [7, 11) is 1.70. The Bertz CT molecular complexity index is 835. The fourth-order valence-corrected chi connectivity index (χ4v) is 2.75. The maximum absolute atomic E-state index is 5.40. The lowest BCUT2D eigenvalue weighted by Crippen LogP contribution is -2.11. The number of aromatic nitrogens is 2. The van der Waals surface area contributed by atoms with Crippen molar-refractivity contribution in [2.75, 3.05) is 30.8 Å². The van der Waals surface area contributed by atoms with E-state index in [1.54, 1.807) is 7.11 Å². The van der Waals surface area contributed by atoms with Crippen molar-refractivity contribution >= 4 is 22.7 Å². The Kier molecular flexibility index (Phi) is 5.67. The van der Waals surface area contributed by atoms with E-state index in [1.807, 2.05) is 42.5 Å². The smallest absolute Gasteiger partial charge is 0.225 e. The molecule has 5 heteroatoms. The molecule has 1 heterocycles. The largest absolute Gasteiger partial charge is 0.496 e. The summed E-state index contributed by atoms with van der Waals surface area (Å²) < 4.78 is 5.40. The molecule has 0 saturated heterocycles. The van der Waals surface area contributed by atoms with Gasteiger partial charge in [-0.3, -0.25) is 0 Å². The molecule has 3 rings (SSSR count). The number of nitrogens with one attached hydrogen (secondary N) is 2. The lowest BCUT2D eigenvalue weighted by Gasteiger charge is -2.12. The number of para-hydroxylation sites is 2. The number of hydrogen-bond donors (Lipinski definition) is 2. The topological polar surface area (TPSA) is 59.1 Å². The van der Waals surface area contributed by atoms with Gasteiger partial charge in [-0.15, -0.1) is 0 Å². The maximum atomic E-state index is 5.40. The average molecular weight is 336 g/mol. The molecule has 2 N–H and O–H groups in total. The SMILES string of the molecule is CCCNc1nc(NCCc2ccccc2OC)nc2ccccc12. The van der Waals surface area contributed by atoms with Crippen molar-refractivity contribution in [2.24, 2.45) is 0 Å². The van der Waals surface area contributed by atoms with Gasteiger partial charge < -0.3 is 15.4 Å². The van der Waals surface area contributed by atoms with Crippen LogP contribution in [0.3, 0.4) is 0 Å². The van der Waals surface area contributed by atoms with Crippen molar-refractivity contribution in [1.29, 1.82) is 0 Å². The summed E-state index contributed by atoms with van der Waals surface area (Å²) in [6, 6.07) is 16.1. The van der Waals surface area contributed by atoms with Gasteiger partial charge in [0.2, 0.25) is 5.95 Å². The Labute approximate surface area is 148 Å². The molecule has 0 saturated carbocycles. The van der Waals surface area contributed by atoms with Crippen molar-refractivity contribution in [1.82, 2.24) is 9.97 Å². The zero-order chi connectivity index (χ0) is 17.5. The van der Waals surface area contributed by atoms with E-state index in [-0.39, 0.29) is 0 Å². The highest BCUT2D eigenvalue weighted by Crippen LogP contribution is 2.22. The van der Waals surface area contributed by atoms with Crippen LogP contribution >= 0.6 is 0 Å². The minimum Gasteiger partial charge on any atom is -0.496 e. The van der Waals surface area contributed by atoms with E-state index in [0.717, 1.165) is 48.4 Å². The van der Waals surface area contributed by atoms with Crippen LogP contribution in [-0.4, -0.2) is 30.2 Å². The second-order valence-corrected chi connectivity index (χ2v) is 5.83. The molecule has 0 aliphatic heterocycles. The van der Waals surface area contributed by atoms with E-state index in [4.69, 9.17) is 4.74 Å². The number of ether oxygens (including phenoxy) is 1. The van der Waals surface area contributed by atoms with Gasteiger partial charge in [0, 0.05) is 18.5 Å². The van der Waals surface area contributed by atoms with Gasteiger partial charge in [-0.2, -0.15) is 4.98 Å². The molecular formula is C20H24N4O. The average Bonchev–Trinajstić information content (AvgIpc) is 2.66. The molecule has 2 aromatic carbocycles. The number of nitrogens with zero attached hydrogens (tertiary/aromatic N) is 2. The van der Waals surface area contributed by atoms with Crippen LogP contribution in [0.25, 0.3) is 10.9 Å². The maximum Gasteiger partial charge on any atom is 0.225 e. The number of rotatable bonds is 8. The van der Waals surface area contributed by atoms with E-state index < -0.39 is 0 Å². The first-order valence-corrected chi connectivity index (χ1v) is 8.68. The normalized spacial score (nSPS) is 10.6. The molecule has 0 fully saturated rings. The van der Waals surface area contributed by atoms with Gasteiger partial charge in [0.1, 0.15) is 11.6 Å². The third-order valence-electron chi connectivity index (χ3n) is 4.02. The Morgan fingerprint density at radius 3 is 2.56 bits per heavy atom. The fraction of sp³-hybridized carbons (Fsp3) is 0.300. The third kappa shape index (κ3) is 4.18. The summed E-state index contributed by atoms with van der Waals surface area (Å²) in [5.74, 6) is 2.44. The lowest BCUT2D eigenvalue weighted by atomic mass is 10.1. The van der Waals surface area contributed by atoms with Crippen LogP contribution in [0.2, 0.25) is 0 Å². The van der Waals surface area contributed by atoms with Gasteiger partial charge in [0.05, 0.1) is 12.6 Å². The fourth-order valence-electron chi connectivity index (χ4n) is 2.75. The van der Waals surface area contributed by atoms with Gasteiger partial charge in [0.25, 0.3) is 0 Å². The minimum absolute atomic E-state index is 0.646. The van der Waals surface area contributed by atoms with Crippen LogP contribution in [0, 0.1) is 0 Å². The zero-order valence-corrected chi connectivity index (χ0v) is 14.7. The van der Waals surface area contributed by atoms with Crippen LogP contribution in [0.15, 0.2) is 48.5 Å². The van der Waals surface area contributed by atoms with E-state index in [1.165, 1.54) is 5.56 Å². The molecular weight excluding hydrogens is 312 g/mol. The second kappa shape index (κ2) is 8.33. The summed E-state index contributed by atoms with van der Waals surface area (Å²) in [5.41, 5.74) is 2.11. The van der Waals surface area contributed by atoms with Crippen molar-refractivity contribution in [3.05, 3.63) is 54.1 Å². The van der Waals surface area contributed by atoms with Gasteiger partial charge in [-0.05, 0) is 36.6 Å². The first-order valence-electron chi connectivity index (χ1n) is 8.68. The predicted octanol–water partition coefficient (Wildman–Crippen LogP) is 4.11. The molecule has 0 radical (unpaired) electrons. The van der Waals surface area contributed by atoms with Crippen LogP contribution in [0.1, 0.15) is 18.9 Å². The van der Waals surface area contributed by atoms with Gasteiger partial charge in [-0.1, -0.05) is 37.3 Å². The van der Waals surface area contributed by atoms with Crippen LogP contribution < -0.4 is 15.4 Å². The van der Waals surface area contributed by atoms with Gasteiger partial charge >= 0.3 is 0 Å². The van der Waals surface area contributed by atoms with Crippen molar-refractivity contribution < 1.29 is 4.74 Å². The standard InChI is InChI=1S/C20H24N4O/c1-3-13-21-19-16-9-5-6-10-17(16)23-20(24-19)22-14-12-15-8-4-7-11-18(15)25-2/h4-11H,3,12-14H2,1-2H3,(H2,21,22,23,24). The molecule has 5 nitrogen and oxygen atoms in total. The molecule has 0 unspecified atom stereocenters. The number of fused-ring (bicyclic) bond motifs is 1. The Hall–Kier alpha value is -2.82. The first kappa shape index (κ1) is 17.0. The molecule has 3 aromatic rings. The number of anilines is 2. The van der Waals surface area contributed by atoms with Crippen LogP contribution in [0.5, 0.6) is 5.75 Å². The molecule has 1 aromatic heterocycles. The summed E-state index contributed by atoms with van der Waals surface area (Å²) in [5, 5.41) is 7.78. The quantitative estimate of drug-likeness (QED) is 0.648. The monoisotopic (exact) mass is 336 g/mol. The van der Waals surface area contributed by atoms with E-state index in [0.29, 0.717) is 5.95 Å². The Balaban J connectivity index is 1.74. The van der Waals surface area contributed by atoms with Crippen LogP contribution in [-0.2, 0) is 6.42 Å². The molecule has 25 heavy (non-hydrogen) atoms. The molecule has 0 bridgehead atoms.